The van der Waals surface area contributed by atoms with Crippen LogP contribution in [0.2, 0.25) is 0 Å². The van der Waals surface area contributed by atoms with Crippen LogP contribution in [0.15, 0.2) is 29.1 Å². The highest BCUT2D eigenvalue weighted by Crippen LogP contribution is 2.14. The lowest BCUT2D eigenvalue weighted by atomic mass is 10.3. The van der Waals surface area contributed by atoms with E-state index in [0.29, 0.717) is 39.5 Å². The first kappa shape index (κ1) is 15.8. The number of fused-ring (bicyclic) bond motifs is 1. The number of rotatable bonds is 10. The molecule has 4 rings (SSSR count). The van der Waals surface area contributed by atoms with Crippen molar-refractivity contribution in [2.24, 2.45) is 0 Å². The summed E-state index contributed by atoms with van der Waals surface area (Å²) in [5.74, 6) is 0. The van der Waals surface area contributed by atoms with Crippen LogP contribution in [0.4, 0.5) is 0 Å². The van der Waals surface area contributed by atoms with Gasteiger partial charge in [-0.1, -0.05) is 12.1 Å². The molecule has 7 heteroatoms. The normalized spacial score (nSPS) is 22.2. The average Bonchev–Trinajstić information content (AvgIpc) is 3.50. The summed E-state index contributed by atoms with van der Waals surface area (Å²) < 4.78 is 24.9. The van der Waals surface area contributed by atoms with E-state index in [1.807, 2.05) is 24.3 Å². The zero-order chi connectivity index (χ0) is 16.4. The molecule has 0 bridgehead atoms. The molecule has 3 heterocycles. The van der Waals surface area contributed by atoms with Crippen LogP contribution in [0.1, 0.15) is 0 Å². The lowest BCUT2D eigenvalue weighted by molar-refractivity contribution is 0.107. The molecule has 0 N–H and O–H groups in total. The average molecular weight is 334 g/mol. The van der Waals surface area contributed by atoms with Crippen molar-refractivity contribution in [2.45, 2.75) is 25.3 Å². The fourth-order valence-electron chi connectivity index (χ4n) is 2.77. The number of nitrogens with zero attached hydrogens (tertiary/aromatic N) is 2. The van der Waals surface area contributed by atoms with Gasteiger partial charge in [0, 0.05) is 0 Å². The molecule has 24 heavy (non-hydrogen) atoms. The lowest BCUT2D eigenvalue weighted by Gasteiger charge is -2.04. The summed E-state index contributed by atoms with van der Waals surface area (Å²) in [6.45, 7) is 4.85. The Morgan fingerprint density at radius 3 is 1.79 bits per heavy atom. The van der Waals surface area contributed by atoms with Crippen molar-refractivity contribution >= 4 is 11.0 Å². The van der Waals surface area contributed by atoms with Gasteiger partial charge in [-0.25, -0.2) is 4.79 Å². The SMILES string of the molecule is O=c1n(CCOCC2CO2)c2ccccc2n1CCOCC1CO1. The van der Waals surface area contributed by atoms with Gasteiger partial charge >= 0.3 is 5.69 Å². The van der Waals surface area contributed by atoms with E-state index in [9.17, 15) is 4.79 Å². The Morgan fingerprint density at radius 1 is 0.917 bits per heavy atom. The first-order valence-corrected chi connectivity index (χ1v) is 8.39. The van der Waals surface area contributed by atoms with E-state index in [4.69, 9.17) is 18.9 Å². The Labute approximate surface area is 139 Å². The van der Waals surface area contributed by atoms with Crippen molar-refractivity contribution in [1.82, 2.24) is 9.13 Å². The third kappa shape index (κ3) is 3.70. The summed E-state index contributed by atoms with van der Waals surface area (Å²) in [6.07, 6.45) is 0.492. The maximum Gasteiger partial charge on any atom is 0.329 e. The molecular weight excluding hydrogens is 312 g/mol. The molecule has 0 spiro atoms. The zero-order valence-electron chi connectivity index (χ0n) is 13.6. The minimum absolute atomic E-state index is 0.0197. The van der Waals surface area contributed by atoms with E-state index in [0.717, 1.165) is 24.2 Å². The third-order valence-electron chi connectivity index (χ3n) is 4.26. The lowest BCUT2D eigenvalue weighted by Crippen LogP contribution is -2.27. The Balaban J connectivity index is 1.43. The van der Waals surface area contributed by atoms with Crippen LogP contribution in [0.3, 0.4) is 0 Å². The number of imidazole rings is 1. The topological polar surface area (TPSA) is 70.5 Å². The Hall–Kier alpha value is -1.67. The molecule has 2 unspecified atom stereocenters. The summed E-state index contributed by atoms with van der Waals surface area (Å²) in [7, 11) is 0. The molecule has 2 saturated heterocycles. The molecule has 1 aromatic heterocycles. The number of ether oxygens (including phenoxy) is 4. The summed E-state index contributed by atoms with van der Waals surface area (Å²) in [6, 6.07) is 7.83. The maximum absolute atomic E-state index is 12.7. The summed E-state index contributed by atoms with van der Waals surface area (Å²) in [4.78, 5) is 12.7. The van der Waals surface area contributed by atoms with E-state index in [-0.39, 0.29) is 17.9 Å². The second kappa shape index (κ2) is 7.06. The number of aromatic nitrogens is 2. The number of para-hydroxylation sites is 2. The minimum Gasteiger partial charge on any atom is -0.377 e. The van der Waals surface area contributed by atoms with Gasteiger partial charge < -0.3 is 18.9 Å². The third-order valence-corrected chi connectivity index (χ3v) is 4.26. The van der Waals surface area contributed by atoms with Gasteiger partial charge in [-0.15, -0.1) is 0 Å². The van der Waals surface area contributed by atoms with Crippen molar-refractivity contribution in [3.63, 3.8) is 0 Å². The smallest absolute Gasteiger partial charge is 0.329 e. The van der Waals surface area contributed by atoms with Crippen molar-refractivity contribution in [3.8, 4) is 0 Å². The maximum atomic E-state index is 12.7. The molecule has 0 amide bonds. The molecular formula is C17H22N2O5. The molecule has 2 aromatic rings. The van der Waals surface area contributed by atoms with E-state index in [2.05, 4.69) is 0 Å². The number of benzene rings is 1. The molecule has 1 aromatic carbocycles. The van der Waals surface area contributed by atoms with Crippen molar-refractivity contribution < 1.29 is 18.9 Å². The van der Waals surface area contributed by atoms with Gasteiger partial charge in [0.25, 0.3) is 0 Å². The van der Waals surface area contributed by atoms with Gasteiger partial charge in [0.15, 0.2) is 0 Å². The molecule has 7 nitrogen and oxygen atoms in total. The summed E-state index contributed by atoms with van der Waals surface area (Å²) in [5.41, 5.74) is 1.84. The molecule has 2 fully saturated rings. The highest BCUT2D eigenvalue weighted by atomic mass is 16.6. The summed E-state index contributed by atoms with van der Waals surface area (Å²) in [5, 5.41) is 0. The Bertz CT molecular complexity index is 685. The minimum atomic E-state index is -0.0197. The van der Waals surface area contributed by atoms with Crippen molar-refractivity contribution in [3.05, 3.63) is 34.7 Å². The van der Waals surface area contributed by atoms with Gasteiger partial charge in [-0.05, 0) is 12.1 Å². The van der Waals surface area contributed by atoms with Gasteiger partial charge in [-0.3, -0.25) is 9.13 Å². The van der Waals surface area contributed by atoms with Gasteiger partial charge in [0.1, 0.15) is 12.2 Å². The number of epoxide rings is 2. The molecule has 2 aliphatic rings. The van der Waals surface area contributed by atoms with Crippen LogP contribution in [-0.2, 0) is 32.0 Å². The van der Waals surface area contributed by atoms with Crippen LogP contribution in [0, 0.1) is 0 Å². The van der Waals surface area contributed by atoms with Gasteiger partial charge in [0.05, 0.1) is 63.8 Å². The fourth-order valence-corrected chi connectivity index (χ4v) is 2.77. The quantitative estimate of drug-likeness (QED) is 0.471. The first-order chi connectivity index (χ1) is 11.8. The molecule has 2 atom stereocenters. The second-order valence-corrected chi connectivity index (χ2v) is 6.14. The Morgan fingerprint density at radius 2 is 1.38 bits per heavy atom. The number of hydrogen-bond acceptors (Lipinski definition) is 5. The fraction of sp³-hybridized carbons (Fsp3) is 0.588. The molecule has 130 valence electrons. The molecule has 0 radical (unpaired) electrons. The standard InChI is InChI=1S/C17H22N2O5/c20-17-18(5-7-21-9-13-11-23-13)15-3-1-2-4-16(15)19(17)6-8-22-10-14-12-24-14/h1-4,13-14H,5-12H2. The highest BCUT2D eigenvalue weighted by molar-refractivity contribution is 5.75. The first-order valence-electron chi connectivity index (χ1n) is 8.39. The van der Waals surface area contributed by atoms with Gasteiger partial charge in [0.2, 0.25) is 0 Å². The van der Waals surface area contributed by atoms with Crippen molar-refractivity contribution in [1.29, 1.82) is 0 Å². The predicted octanol–water partition coefficient (Wildman–Crippen LogP) is 0.634. The number of hydrogen-bond donors (Lipinski definition) is 0. The largest absolute Gasteiger partial charge is 0.377 e. The van der Waals surface area contributed by atoms with Crippen LogP contribution in [0.5, 0.6) is 0 Å². The second-order valence-electron chi connectivity index (χ2n) is 6.14. The zero-order valence-corrected chi connectivity index (χ0v) is 13.6. The van der Waals surface area contributed by atoms with Crippen LogP contribution in [0.25, 0.3) is 11.0 Å². The van der Waals surface area contributed by atoms with E-state index in [1.54, 1.807) is 9.13 Å². The highest BCUT2D eigenvalue weighted by Gasteiger charge is 2.23. The summed E-state index contributed by atoms with van der Waals surface area (Å²) >= 11 is 0. The predicted molar refractivity (Wildman–Crippen MR) is 87.3 cm³/mol. The Kier molecular flexibility index (Phi) is 4.66. The monoisotopic (exact) mass is 334 g/mol. The van der Waals surface area contributed by atoms with E-state index >= 15 is 0 Å². The van der Waals surface area contributed by atoms with Gasteiger partial charge in [-0.2, -0.15) is 0 Å². The van der Waals surface area contributed by atoms with E-state index in [1.165, 1.54) is 0 Å². The molecule has 2 aliphatic heterocycles. The molecule has 0 aliphatic carbocycles. The van der Waals surface area contributed by atoms with Crippen LogP contribution in [-0.4, -0.2) is 61.0 Å². The van der Waals surface area contributed by atoms with Crippen LogP contribution >= 0.6 is 0 Å². The molecule has 0 saturated carbocycles. The van der Waals surface area contributed by atoms with Crippen LogP contribution < -0.4 is 5.69 Å². The van der Waals surface area contributed by atoms with E-state index < -0.39 is 0 Å². The van der Waals surface area contributed by atoms with Crippen molar-refractivity contribution in [2.75, 3.05) is 39.6 Å².